The Kier molecular flexibility index (Phi) is 6.26. The molecule has 15 heavy (non-hydrogen) atoms. The van der Waals surface area contributed by atoms with E-state index in [0.717, 1.165) is 6.04 Å². The fourth-order valence-corrected chi connectivity index (χ4v) is 2.41. The van der Waals surface area contributed by atoms with Crippen LogP contribution < -0.4 is 5.32 Å². The van der Waals surface area contributed by atoms with Gasteiger partial charge in [0, 0.05) is 18.6 Å². The molecule has 0 aromatic heterocycles. The van der Waals surface area contributed by atoms with E-state index in [9.17, 15) is 0 Å². The van der Waals surface area contributed by atoms with Gasteiger partial charge < -0.3 is 10.2 Å². The van der Waals surface area contributed by atoms with E-state index in [4.69, 9.17) is 0 Å². The van der Waals surface area contributed by atoms with E-state index < -0.39 is 0 Å². The van der Waals surface area contributed by atoms with Crippen molar-refractivity contribution in [1.29, 1.82) is 0 Å². The standard InChI is InChI=1S/C13H28N2/c1-4-5-6-7-9-15-10-8-13(11-15)14-12(2)3/h12-14H,4-11H2,1-3H3. The second kappa shape index (κ2) is 7.24. The monoisotopic (exact) mass is 212 g/mol. The molecule has 1 fully saturated rings. The zero-order chi connectivity index (χ0) is 11.1. The Morgan fingerprint density at radius 2 is 2.07 bits per heavy atom. The predicted octanol–water partition coefficient (Wildman–Crippen LogP) is 2.64. The fraction of sp³-hybridized carbons (Fsp3) is 1.00. The summed E-state index contributed by atoms with van der Waals surface area (Å²) in [5.74, 6) is 0. The highest BCUT2D eigenvalue weighted by Crippen LogP contribution is 2.11. The largest absolute Gasteiger partial charge is 0.310 e. The summed E-state index contributed by atoms with van der Waals surface area (Å²) in [6, 6.07) is 1.38. The smallest absolute Gasteiger partial charge is 0.0209 e. The summed E-state index contributed by atoms with van der Waals surface area (Å²) in [5.41, 5.74) is 0. The first-order valence-corrected chi connectivity index (χ1v) is 6.70. The summed E-state index contributed by atoms with van der Waals surface area (Å²) in [7, 11) is 0. The molecular formula is C13H28N2. The minimum Gasteiger partial charge on any atom is -0.310 e. The Morgan fingerprint density at radius 3 is 2.73 bits per heavy atom. The minimum absolute atomic E-state index is 0.634. The molecule has 2 nitrogen and oxygen atoms in total. The molecule has 1 aliphatic rings. The molecular weight excluding hydrogens is 184 g/mol. The maximum atomic E-state index is 3.63. The highest BCUT2D eigenvalue weighted by Gasteiger charge is 2.21. The van der Waals surface area contributed by atoms with Crippen LogP contribution in [-0.4, -0.2) is 36.6 Å². The molecule has 0 saturated carbocycles. The second-order valence-corrected chi connectivity index (χ2v) is 5.17. The molecule has 0 bridgehead atoms. The van der Waals surface area contributed by atoms with Crippen molar-refractivity contribution in [3.05, 3.63) is 0 Å². The highest BCUT2D eigenvalue weighted by molar-refractivity contribution is 4.81. The Bertz CT molecular complexity index is 157. The van der Waals surface area contributed by atoms with Gasteiger partial charge in [0.2, 0.25) is 0 Å². The minimum atomic E-state index is 0.634. The van der Waals surface area contributed by atoms with Crippen LogP contribution in [0.2, 0.25) is 0 Å². The summed E-state index contributed by atoms with van der Waals surface area (Å²) in [5, 5.41) is 3.63. The van der Waals surface area contributed by atoms with Gasteiger partial charge >= 0.3 is 0 Å². The molecule has 1 aliphatic heterocycles. The van der Waals surface area contributed by atoms with Gasteiger partial charge in [0.1, 0.15) is 0 Å². The number of nitrogens with one attached hydrogen (secondary N) is 1. The van der Waals surface area contributed by atoms with Crippen LogP contribution in [0.15, 0.2) is 0 Å². The molecule has 0 amide bonds. The maximum absolute atomic E-state index is 3.63. The number of unbranched alkanes of at least 4 members (excludes halogenated alkanes) is 3. The van der Waals surface area contributed by atoms with Crippen molar-refractivity contribution < 1.29 is 0 Å². The average Bonchev–Trinajstić information content (AvgIpc) is 2.59. The van der Waals surface area contributed by atoms with Crippen molar-refractivity contribution in [2.24, 2.45) is 0 Å². The molecule has 0 spiro atoms. The van der Waals surface area contributed by atoms with Crippen LogP contribution in [-0.2, 0) is 0 Å². The lowest BCUT2D eigenvalue weighted by molar-refractivity contribution is 0.315. The molecule has 0 aliphatic carbocycles. The van der Waals surface area contributed by atoms with Crippen molar-refractivity contribution in [2.75, 3.05) is 19.6 Å². The van der Waals surface area contributed by atoms with Crippen molar-refractivity contribution in [1.82, 2.24) is 10.2 Å². The predicted molar refractivity (Wildman–Crippen MR) is 67.3 cm³/mol. The van der Waals surface area contributed by atoms with Gasteiger partial charge in [0.05, 0.1) is 0 Å². The van der Waals surface area contributed by atoms with Crippen LogP contribution in [0.25, 0.3) is 0 Å². The molecule has 1 rings (SSSR count). The van der Waals surface area contributed by atoms with Gasteiger partial charge in [-0.25, -0.2) is 0 Å². The Morgan fingerprint density at radius 1 is 1.27 bits per heavy atom. The summed E-state index contributed by atoms with van der Waals surface area (Å²) in [6.07, 6.45) is 6.89. The van der Waals surface area contributed by atoms with Crippen molar-refractivity contribution >= 4 is 0 Å². The molecule has 1 N–H and O–H groups in total. The number of nitrogens with zero attached hydrogens (tertiary/aromatic N) is 1. The van der Waals surface area contributed by atoms with Gasteiger partial charge in [0.25, 0.3) is 0 Å². The summed E-state index contributed by atoms with van der Waals surface area (Å²) >= 11 is 0. The van der Waals surface area contributed by atoms with E-state index in [1.807, 2.05) is 0 Å². The maximum Gasteiger partial charge on any atom is 0.0209 e. The van der Waals surface area contributed by atoms with Crippen LogP contribution in [0.3, 0.4) is 0 Å². The van der Waals surface area contributed by atoms with Crippen molar-refractivity contribution in [3.8, 4) is 0 Å². The van der Waals surface area contributed by atoms with Gasteiger partial charge in [-0.15, -0.1) is 0 Å². The third-order valence-electron chi connectivity index (χ3n) is 3.17. The van der Waals surface area contributed by atoms with Crippen LogP contribution >= 0.6 is 0 Å². The van der Waals surface area contributed by atoms with Crippen molar-refractivity contribution in [2.45, 2.75) is 65.0 Å². The lowest BCUT2D eigenvalue weighted by Gasteiger charge is -2.18. The van der Waals surface area contributed by atoms with E-state index >= 15 is 0 Å². The van der Waals surface area contributed by atoms with Gasteiger partial charge in [0.15, 0.2) is 0 Å². The zero-order valence-electron chi connectivity index (χ0n) is 10.8. The third kappa shape index (κ3) is 5.53. The fourth-order valence-electron chi connectivity index (χ4n) is 2.41. The Hall–Kier alpha value is -0.0800. The van der Waals surface area contributed by atoms with Crippen LogP contribution in [0.1, 0.15) is 52.9 Å². The van der Waals surface area contributed by atoms with E-state index in [1.54, 1.807) is 0 Å². The number of rotatable bonds is 7. The quantitative estimate of drug-likeness (QED) is 0.653. The molecule has 0 aromatic rings. The normalized spacial score (nSPS) is 22.8. The van der Waals surface area contributed by atoms with E-state index in [1.165, 1.54) is 51.7 Å². The SMILES string of the molecule is CCCCCCN1CCC(NC(C)C)C1. The third-order valence-corrected chi connectivity index (χ3v) is 3.17. The molecule has 0 aromatic carbocycles. The van der Waals surface area contributed by atoms with E-state index in [2.05, 4.69) is 31.0 Å². The molecule has 1 atom stereocenters. The molecule has 2 heteroatoms. The summed E-state index contributed by atoms with van der Waals surface area (Å²) in [4.78, 5) is 2.62. The molecule has 1 saturated heterocycles. The lowest BCUT2D eigenvalue weighted by atomic mass is 10.2. The van der Waals surface area contributed by atoms with Gasteiger partial charge in [-0.3, -0.25) is 0 Å². The average molecular weight is 212 g/mol. The van der Waals surface area contributed by atoms with Crippen molar-refractivity contribution in [3.63, 3.8) is 0 Å². The highest BCUT2D eigenvalue weighted by atomic mass is 15.2. The van der Waals surface area contributed by atoms with Crippen LogP contribution in [0, 0.1) is 0 Å². The van der Waals surface area contributed by atoms with E-state index in [-0.39, 0.29) is 0 Å². The second-order valence-electron chi connectivity index (χ2n) is 5.17. The van der Waals surface area contributed by atoms with Crippen LogP contribution in [0.5, 0.6) is 0 Å². The summed E-state index contributed by atoms with van der Waals surface area (Å²) < 4.78 is 0. The van der Waals surface area contributed by atoms with Gasteiger partial charge in [-0.05, 0) is 25.9 Å². The Labute approximate surface area is 95.4 Å². The molecule has 1 unspecified atom stereocenters. The number of hydrogen-bond donors (Lipinski definition) is 1. The summed E-state index contributed by atoms with van der Waals surface area (Å²) in [6.45, 7) is 10.6. The molecule has 0 radical (unpaired) electrons. The topological polar surface area (TPSA) is 15.3 Å². The Balaban J connectivity index is 2.03. The number of hydrogen-bond acceptors (Lipinski definition) is 2. The number of likely N-dealkylation sites (tertiary alicyclic amines) is 1. The lowest BCUT2D eigenvalue weighted by Crippen LogP contribution is -2.37. The van der Waals surface area contributed by atoms with E-state index in [0.29, 0.717) is 6.04 Å². The first-order chi connectivity index (χ1) is 7.22. The molecule has 1 heterocycles. The van der Waals surface area contributed by atoms with Crippen LogP contribution in [0.4, 0.5) is 0 Å². The first kappa shape index (κ1) is 13.0. The van der Waals surface area contributed by atoms with Gasteiger partial charge in [-0.2, -0.15) is 0 Å². The molecule has 90 valence electrons. The zero-order valence-corrected chi connectivity index (χ0v) is 10.8. The first-order valence-electron chi connectivity index (χ1n) is 6.70. The van der Waals surface area contributed by atoms with Gasteiger partial charge in [-0.1, -0.05) is 40.0 Å².